The monoisotopic (exact) mass is 255 g/mol. The summed E-state index contributed by atoms with van der Waals surface area (Å²) in [4.78, 5) is 0. The average molecular weight is 255 g/mol. The lowest BCUT2D eigenvalue weighted by atomic mass is 9.73. The summed E-state index contributed by atoms with van der Waals surface area (Å²) in [5.74, 6) is 1.17. The molecule has 1 aliphatic carbocycles. The molecule has 1 aromatic rings. The maximum atomic E-state index is 5.76. The predicted molar refractivity (Wildman–Crippen MR) is 72.7 cm³/mol. The number of aromatic nitrogens is 1. The fourth-order valence-corrected chi connectivity index (χ4v) is 3.24. The third-order valence-corrected chi connectivity index (χ3v) is 4.46. The van der Waals surface area contributed by atoms with Gasteiger partial charge >= 0.3 is 0 Å². The van der Waals surface area contributed by atoms with Crippen LogP contribution in [0.4, 0.5) is 10.8 Å². The summed E-state index contributed by atoms with van der Waals surface area (Å²) in [5.41, 5.74) is 6.08. The molecule has 0 radical (unpaired) electrons. The van der Waals surface area contributed by atoms with E-state index >= 15 is 0 Å². The molecule has 17 heavy (non-hydrogen) atoms. The number of anilines is 2. The Morgan fingerprint density at radius 1 is 1.47 bits per heavy atom. The molecule has 0 amide bonds. The van der Waals surface area contributed by atoms with Gasteiger partial charge in [-0.25, -0.2) is 0 Å². The van der Waals surface area contributed by atoms with Crippen molar-refractivity contribution in [2.24, 2.45) is 5.41 Å². The average Bonchev–Trinajstić information content (AvgIpc) is 2.62. The molecule has 0 aliphatic heterocycles. The largest absolute Gasteiger partial charge is 0.490 e. The quantitative estimate of drug-likeness (QED) is 0.871. The third-order valence-electron chi connectivity index (χ3n) is 3.69. The molecule has 4 nitrogen and oxygen atoms in total. The van der Waals surface area contributed by atoms with Crippen molar-refractivity contribution in [3.05, 3.63) is 0 Å². The molecule has 2 rings (SSSR count). The van der Waals surface area contributed by atoms with Gasteiger partial charge in [0.15, 0.2) is 16.6 Å². The van der Waals surface area contributed by atoms with Crippen molar-refractivity contribution in [3.8, 4) is 5.75 Å². The van der Waals surface area contributed by atoms with Gasteiger partial charge in [0.05, 0.1) is 7.11 Å². The summed E-state index contributed by atoms with van der Waals surface area (Å²) in [6.07, 6.45) is 5.08. The van der Waals surface area contributed by atoms with E-state index in [9.17, 15) is 0 Å². The zero-order chi connectivity index (χ0) is 12.5. The van der Waals surface area contributed by atoms with Gasteiger partial charge in [0, 0.05) is 6.04 Å². The number of ether oxygens (including phenoxy) is 1. The molecule has 0 aromatic carbocycles. The molecule has 1 fully saturated rings. The number of methoxy groups -OCH3 is 1. The molecule has 1 heterocycles. The lowest BCUT2D eigenvalue weighted by Crippen LogP contribution is -2.38. The smallest absolute Gasteiger partial charge is 0.197 e. The first kappa shape index (κ1) is 12.5. The van der Waals surface area contributed by atoms with Gasteiger partial charge in [0.1, 0.15) is 0 Å². The minimum Gasteiger partial charge on any atom is -0.490 e. The first-order valence-electron chi connectivity index (χ1n) is 6.10. The van der Waals surface area contributed by atoms with Crippen LogP contribution in [-0.2, 0) is 0 Å². The van der Waals surface area contributed by atoms with Crippen molar-refractivity contribution in [3.63, 3.8) is 0 Å². The molecular weight excluding hydrogens is 234 g/mol. The van der Waals surface area contributed by atoms with Crippen LogP contribution < -0.4 is 15.8 Å². The Bertz CT molecular complexity index is 389. The highest BCUT2D eigenvalue weighted by Gasteiger charge is 2.33. The highest BCUT2D eigenvalue weighted by atomic mass is 32.1. The number of nitrogens with zero attached hydrogens (tertiary/aromatic N) is 1. The number of hydrogen-bond donors (Lipinski definition) is 2. The van der Waals surface area contributed by atoms with Gasteiger partial charge in [0.2, 0.25) is 0 Å². The molecule has 5 heteroatoms. The van der Waals surface area contributed by atoms with Gasteiger partial charge in [-0.05, 0) is 29.8 Å². The molecule has 3 N–H and O–H groups in total. The number of nitrogen functional groups attached to an aromatic ring is 1. The normalized spacial score (nSPS) is 23.4. The fourth-order valence-electron chi connectivity index (χ4n) is 2.50. The summed E-state index contributed by atoms with van der Waals surface area (Å²) in [5, 5.41) is 4.53. The fraction of sp³-hybridized carbons (Fsp3) is 0.750. The lowest BCUT2D eigenvalue weighted by molar-refractivity contribution is 0.217. The Hall–Kier alpha value is -0.970. The maximum absolute atomic E-state index is 5.76. The Kier molecular flexibility index (Phi) is 3.47. The van der Waals surface area contributed by atoms with Crippen LogP contribution in [0.3, 0.4) is 0 Å². The van der Waals surface area contributed by atoms with Crippen LogP contribution in [0.25, 0.3) is 0 Å². The minimum absolute atomic E-state index is 0.321. The van der Waals surface area contributed by atoms with E-state index in [1.165, 1.54) is 37.2 Å². The summed E-state index contributed by atoms with van der Waals surface area (Å²) in [7, 11) is 1.64. The van der Waals surface area contributed by atoms with Gasteiger partial charge in [-0.3, -0.25) is 0 Å². The highest BCUT2D eigenvalue weighted by Crippen LogP contribution is 2.41. The van der Waals surface area contributed by atoms with E-state index in [1.807, 2.05) is 0 Å². The molecule has 1 unspecified atom stereocenters. The van der Waals surface area contributed by atoms with E-state index in [0.717, 1.165) is 5.00 Å². The van der Waals surface area contributed by atoms with E-state index in [4.69, 9.17) is 10.5 Å². The number of nitrogens with two attached hydrogens (primary N) is 1. The molecule has 0 bridgehead atoms. The van der Waals surface area contributed by atoms with E-state index in [0.29, 0.717) is 23.0 Å². The zero-order valence-corrected chi connectivity index (χ0v) is 11.6. The van der Waals surface area contributed by atoms with Gasteiger partial charge in [-0.15, -0.1) is 0 Å². The number of hydrogen-bond acceptors (Lipinski definition) is 5. The molecule has 1 aliphatic rings. The van der Waals surface area contributed by atoms with Gasteiger partial charge in [-0.1, -0.05) is 26.7 Å². The minimum atomic E-state index is 0.321. The van der Waals surface area contributed by atoms with Gasteiger partial charge in [-0.2, -0.15) is 4.37 Å². The number of nitrogens with one attached hydrogen (secondary N) is 1. The topological polar surface area (TPSA) is 60.2 Å². The van der Waals surface area contributed by atoms with Crippen molar-refractivity contribution in [2.45, 2.75) is 45.6 Å². The Morgan fingerprint density at radius 2 is 2.24 bits per heavy atom. The van der Waals surface area contributed by atoms with Crippen LogP contribution in [0.2, 0.25) is 0 Å². The van der Waals surface area contributed by atoms with Crippen LogP contribution >= 0.6 is 11.5 Å². The van der Waals surface area contributed by atoms with E-state index in [2.05, 4.69) is 23.5 Å². The van der Waals surface area contributed by atoms with Crippen molar-refractivity contribution >= 4 is 22.4 Å². The molecule has 1 saturated carbocycles. The van der Waals surface area contributed by atoms with Crippen LogP contribution in [0, 0.1) is 5.41 Å². The van der Waals surface area contributed by atoms with E-state index in [1.54, 1.807) is 7.11 Å². The number of rotatable bonds is 3. The molecule has 0 saturated heterocycles. The van der Waals surface area contributed by atoms with Gasteiger partial charge in [0.25, 0.3) is 0 Å². The standard InChI is InChI=1S/C12H21N3OS/c1-12(2)7-5-4-6-8(12)14-11-9(16-3)10(13)15-17-11/h8,14H,4-7H2,1-3H3,(H2,13,15). The Balaban J connectivity index is 2.14. The molecule has 1 aromatic heterocycles. The summed E-state index contributed by atoms with van der Waals surface area (Å²) in [6, 6.07) is 0.477. The van der Waals surface area contributed by atoms with E-state index in [-0.39, 0.29) is 0 Å². The predicted octanol–water partition coefficient (Wildman–Crippen LogP) is 3.11. The SMILES string of the molecule is COc1c(N)nsc1NC1CCCCC1(C)C. The lowest BCUT2D eigenvalue weighted by Gasteiger charge is -2.39. The van der Waals surface area contributed by atoms with E-state index < -0.39 is 0 Å². The second-order valence-corrected chi connectivity index (χ2v) is 6.13. The van der Waals surface area contributed by atoms with Crippen molar-refractivity contribution in [1.29, 1.82) is 0 Å². The third kappa shape index (κ3) is 2.49. The maximum Gasteiger partial charge on any atom is 0.197 e. The van der Waals surface area contributed by atoms with Crippen molar-refractivity contribution < 1.29 is 4.74 Å². The highest BCUT2D eigenvalue weighted by molar-refractivity contribution is 7.11. The van der Waals surface area contributed by atoms with Crippen LogP contribution in [0.1, 0.15) is 39.5 Å². The Morgan fingerprint density at radius 3 is 2.88 bits per heavy atom. The second-order valence-electron chi connectivity index (χ2n) is 5.36. The molecular formula is C12H21N3OS. The van der Waals surface area contributed by atoms with Crippen LogP contribution in [0.15, 0.2) is 0 Å². The Labute approximate surface area is 107 Å². The van der Waals surface area contributed by atoms with Gasteiger partial charge < -0.3 is 15.8 Å². The first-order valence-corrected chi connectivity index (χ1v) is 6.87. The zero-order valence-electron chi connectivity index (χ0n) is 10.7. The summed E-state index contributed by atoms with van der Waals surface area (Å²) in [6.45, 7) is 4.64. The van der Waals surface area contributed by atoms with Crippen molar-refractivity contribution in [2.75, 3.05) is 18.2 Å². The molecule has 96 valence electrons. The van der Waals surface area contributed by atoms with Crippen LogP contribution in [0.5, 0.6) is 5.75 Å². The van der Waals surface area contributed by atoms with Crippen LogP contribution in [-0.4, -0.2) is 17.5 Å². The summed E-state index contributed by atoms with van der Waals surface area (Å²) < 4.78 is 9.42. The van der Waals surface area contributed by atoms with Crippen molar-refractivity contribution in [1.82, 2.24) is 4.37 Å². The second kappa shape index (κ2) is 4.72. The summed E-state index contributed by atoms with van der Waals surface area (Å²) >= 11 is 1.38. The first-order chi connectivity index (χ1) is 8.04. The molecule has 0 spiro atoms. The molecule has 1 atom stereocenters.